The highest BCUT2D eigenvalue weighted by Crippen LogP contribution is 2.30. The van der Waals surface area contributed by atoms with Crippen molar-refractivity contribution in [2.24, 2.45) is 5.92 Å². The van der Waals surface area contributed by atoms with Gasteiger partial charge in [0.05, 0.1) is 0 Å². The van der Waals surface area contributed by atoms with Gasteiger partial charge in [-0.25, -0.2) is 0 Å². The Morgan fingerprint density at radius 1 is 1.14 bits per heavy atom. The largest absolute Gasteiger partial charge is 0.371 e. The first-order valence-corrected chi connectivity index (χ1v) is 9.14. The summed E-state index contributed by atoms with van der Waals surface area (Å²) >= 11 is 3.62. The molecular formula is C18H31BrN2. The Hall–Kier alpha value is -0.540. The number of hydrogen-bond donors (Lipinski definition) is 1. The molecule has 0 saturated heterocycles. The van der Waals surface area contributed by atoms with Gasteiger partial charge in [-0.2, -0.15) is 0 Å². The normalized spacial score (nSPS) is 12.7. The summed E-state index contributed by atoms with van der Waals surface area (Å²) in [6.45, 7) is 14.5. The molecule has 1 atom stereocenters. The number of anilines is 1. The first kappa shape index (κ1) is 18.5. The van der Waals surface area contributed by atoms with Crippen molar-refractivity contribution in [3.63, 3.8) is 0 Å². The average molecular weight is 355 g/mol. The van der Waals surface area contributed by atoms with Gasteiger partial charge in [-0.15, -0.1) is 0 Å². The van der Waals surface area contributed by atoms with Crippen molar-refractivity contribution in [2.75, 3.05) is 24.5 Å². The number of rotatable bonds is 9. The highest BCUT2D eigenvalue weighted by molar-refractivity contribution is 9.10. The number of nitrogens with one attached hydrogen (secondary N) is 1. The Morgan fingerprint density at radius 2 is 1.81 bits per heavy atom. The topological polar surface area (TPSA) is 15.3 Å². The maximum absolute atomic E-state index is 3.62. The van der Waals surface area contributed by atoms with Crippen LogP contribution in [0.3, 0.4) is 0 Å². The van der Waals surface area contributed by atoms with Crippen molar-refractivity contribution in [2.45, 2.75) is 53.5 Å². The zero-order chi connectivity index (χ0) is 15.8. The fourth-order valence-electron chi connectivity index (χ4n) is 2.83. The van der Waals surface area contributed by atoms with E-state index in [0.29, 0.717) is 6.04 Å². The van der Waals surface area contributed by atoms with Gasteiger partial charge in [0.1, 0.15) is 0 Å². The molecule has 0 aliphatic heterocycles. The fraction of sp³-hybridized carbons (Fsp3) is 0.667. The van der Waals surface area contributed by atoms with E-state index in [-0.39, 0.29) is 0 Å². The number of halogens is 1. The molecule has 0 radical (unpaired) electrons. The molecular weight excluding hydrogens is 324 g/mol. The molecule has 1 N–H and O–H groups in total. The van der Waals surface area contributed by atoms with Crippen molar-refractivity contribution < 1.29 is 0 Å². The van der Waals surface area contributed by atoms with Gasteiger partial charge in [0, 0.05) is 29.3 Å². The zero-order valence-corrected chi connectivity index (χ0v) is 15.8. The number of benzene rings is 1. The smallest absolute Gasteiger partial charge is 0.0415 e. The van der Waals surface area contributed by atoms with Gasteiger partial charge in [0.25, 0.3) is 0 Å². The molecule has 0 aliphatic carbocycles. The van der Waals surface area contributed by atoms with Gasteiger partial charge in [-0.3, -0.25) is 0 Å². The summed E-state index contributed by atoms with van der Waals surface area (Å²) in [6.07, 6.45) is 2.50. The first-order valence-electron chi connectivity index (χ1n) is 8.34. The Morgan fingerprint density at radius 3 is 2.33 bits per heavy atom. The minimum Gasteiger partial charge on any atom is -0.371 e. The van der Waals surface area contributed by atoms with Crippen molar-refractivity contribution in [1.29, 1.82) is 0 Å². The lowest BCUT2D eigenvalue weighted by molar-refractivity contribution is 0.484. The van der Waals surface area contributed by atoms with E-state index in [9.17, 15) is 0 Å². The molecule has 2 nitrogen and oxygen atoms in total. The summed E-state index contributed by atoms with van der Waals surface area (Å²) in [5.74, 6) is 0.774. The Balaban J connectivity index is 3.07. The summed E-state index contributed by atoms with van der Waals surface area (Å²) < 4.78 is 1.16. The van der Waals surface area contributed by atoms with E-state index < -0.39 is 0 Å². The first-order chi connectivity index (χ1) is 10.1. The van der Waals surface area contributed by atoms with E-state index in [1.165, 1.54) is 24.1 Å². The molecule has 1 rings (SSSR count). The summed E-state index contributed by atoms with van der Waals surface area (Å²) in [6, 6.07) is 7.06. The highest BCUT2D eigenvalue weighted by atomic mass is 79.9. The van der Waals surface area contributed by atoms with E-state index in [2.05, 4.69) is 79.0 Å². The lowest BCUT2D eigenvalue weighted by atomic mass is 10.0. The van der Waals surface area contributed by atoms with Crippen LogP contribution in [0.25, 0.3) is 0 Å². The van der Waals surface area contributed by atoms with Crippen LogP contribution in [-0.4, -0.2) is 19.6 Å². The summed E-state index contributed by atoms with van der Waals surface area (Å²) in [7, 11) is 0. The maximum Gasteiger partial charge on any atom is 0.0415 e. The predicted octanol–water partition coefficient (Wildman–Crippen LogP) is 5.38. The number of hydrogen-bond acceptors (Lipinski definition) is 2. The number of nitrogens with zero attached hydrogens (tertiary/aromatic N) is 1. The summed E-state index contributed by atoms with van der Waals surface area (Å²) in [5, 5.41) is 3.54. The van der Waals surface area contributed by atoms with E-state index in [1.807, 2.05) is 0 Å². The minimum absolute atomic E-state index is 0.373. The van der Waals surface area contributed by atoms with Crippen LogP contribution in [0.5, 0.6) is 0 Å². The maximum atomic E-state index is 3.62. The molecule has 0 aliphatic rings. The molecule has 0 heterocycles. The van der Waals surface area contributed by atoms with Crippen LogP contribution >= 0.6 is 15.9 Å². The van der Waals surface area contributed by atoms with Crippen LogP contribution in [0.4, 0.5) is 5.69 Å². The van der Waals surface area contributed by atoms with Crippen molar-refractivity contribution in [1.82, 2.24) is 5.32 Å². The SMILES string of the molecule is CCNC(C)c1cc(Br)ccc1N(CC)CC(CC)CC. The third-order valence-electron chi connectivity index (χ3n) is 4.32. The van der Waals surface area contributed by atoms with Crippen molar-refractivity contribution >= 4 is 21.6 Å². The fourth-order valence-corrected chi connectivity index (χ4v) is 3.21. The zero-order valence-electron chi connectivity index (χ0n) is 14.2. The van der Waals surface area contributed by atoms with E-state index in [0.717, 1.165) is 30.0 Å². The van der Waals surface area contributed by atoms with Gasteiger partial charge in [-0.05, 0) is 50.1 Å². The van der Waals surface area contributed by atoms with Gasteiger partial charge in [-0.1, -0.05) is 49.5 Å². The van der Waals surface area contributed by atoms with Gasteiger partial charge >= 0.3 is 0 Å². The van der Waals surface area contributed by atoms with E-state index in [1.54, 1.807) is 0 Å². The second-order valence-corrected chi connectivity index (χ2v) is 6.62. The monoisotopic (exact) mass is 354 g/mol. The third kappa shape index (κ3) is 5.30. The van der Waals surface area contributed by atoms with Crippen molar-refractivity contribution in [3.05, 3.63) is 28.2 Å². The molecule has 0 saturated carbocycles. The van der Waals surface area contributed by atoms with Gasteiger partial charge in [0.15, 0.2) is 0 Å². The highest BCUT2D eigenvalue weighted by Gasteiger charge is 2.17. The Bertz CT molecular complexity index is 416. The van der Waals surface area contributed by atoms with Crippen LogP contribution in [0.2, 0.25) is 0 Å². The lowest BCUT2D eigenvalue weighted by Crippen LogP contribution is -2.31. The molecule has 0 spiro atoms. The molecule has 1 unspecified atom stereocenters. The average Bonchev–Trinajstić information content (AvgIpc) is 2.49. The van der Waals surface area contributed by atoms with Gasteiger partial charge in [0.2, 0.25) is 0 Å². The van der Waals surface area contributed by atoms with Crippen LogP contribution in [-0.2, 0) is 0 Å². The molecule has 3 heteroatoms. The van der Waals surface area contributed by atoms with Crippen LogP contribution in [0.15, 0.2) is 22.7 Å². The summed E-state index contributed by atoms with van der Waals surface area (Å²) in [5.41, 5.74) is 2.76. The van der Waals surface area contributed by atoms with E-state index in [4.69, 9.17) is 0 Å². The molecule has 0 aromatic heterocycles. The summed E-state index contributed by atoms with van der Waals surface area (Å²) in [4.78, 5) is 2.54. The predicted molar refractivity (Wildman–Crippen MR) is 98.2 cm³/mol. The minimum atomic E-state index is 0.373. The second-order valence-electron chi connectivity index (χ2n) is 5.70. The molecule has 1 aromatic rings. The molecule has 21 heavy (non-hydrogen) atoms. The molecule has 0 amide bonds. The molecule has 0 bridgehead atoms. The van der Waals surface area contributed by atoms with Crippen LogP contribution in [0, 0.1) is 5.92 Å². The third-order valence-corrected chi connectivity index (χ3v) is 4.82. The van der Waals surface area contributed by atoms with Crippen LogP contribution in [0.1, 0.15) is 59.1 Å². The van der Waals surface area contributed by atoms with Crippen LogP contribution < -0.4 is 10.2 Å². The molecule has 120 valence electrons. The molecule has 1 aromatic carbocycles. The van der Waals surface area contributed by atoms with E-state index >= 15 is 0 Å². The molecule has 0 fully saturated rings. The van der Waals surface area contributed by atoms with Crippen molar-refractivity contribution in [3.8, 4) is 0 Å². The standard InChI is InChI=1S/C18H31BrN2/c1-6-15(7-2)13-21(9-4)18-11-10-16(19)12-17(18)14(5)20-8-3/h10-12,14-15,20H,6-9,13H2,1-5H3. The second kappa shape index (κ2) is 9.47. The van der Waals surface area contributed by atoms with Gasteiger partial charge < -0.3 is 10.2 Å². The lowest BCUT2D eigenvalue weighted by Gasteiger charge is -2.31. The Kier molecular flexibility index (Phi) is 8.35. The Labute approximate surface area is 139 Å². The quantitative estimate of drug-likeness (QED) is 0.640.